The molecule has 0 spiro atoms. The van der Waals surface area contributed by atoms with Gasteiger partial charge in [-0.3, -0.25) is 4.79 Å². The van der Waals surface area contributed by atoms with E-state index in [0.717, 1.165) is 12.1 Å². The van der Waals surface area contributed by atoms with Crippen LogP contribution in [0.4, 0.5) is 4.39 Å². The molecule has 0 aliphatic carbocycles. The number of halogens is 2. The summed E-state index contributed by atoms with van der Waals surface area (Å²) >= 11 is 5.64. The molecule has 5 nitrogen and oxygen atoms in total. The average Bonchev–Trinajstić information content (AvgIpc) is 2.32. The maximum absolute atomic E-state index is 13.1. The zero-order chi connectivity index (χ0) is 14.2. The Bertz CT molecular complexity index is 733. The van der Waals surface area contributed by atoms with E-state index in [1.807, 2.05) is 0 Å². The molecule has 20 heavy (non-hydrogen) atoms. The van der Waals surface area contributed by atoms with Crippen LogP contribution in [0, 0.1) is 12.7 Å². The first-order valence-electron chi connectivity index (χ1n) is 5.18. The van der Waals surface area contributed by atoms with Crippen LogP contribution in [0.15, 0.2) is 29.1 Å². The Morgan fingerprint density at radius 1 is 1.40 bits per heavy atom. The van der Waals surface area contributed by atoms with Crippen molar-refractivity contribution in [2.24, 2.45) is 0 Å². The second-order valence-corrected chi connectivity index (χ2v) is 4.20. The monoisotopic (exact) mass is 320 g/mol. The SMILES string of the molecule is Cc1cc(=O)c(C(=O)[O-])nn1-c1ccc(F)c(Cl)c1.[K+]. The van der Waals surface area contributed by atoms with E-state index in [1.165, 1.54) is 16.8 Å². The Balaban J connectivity index is 0.00000200. The zero-order valence-electron chi connectivity index (χ0n) is 10.7. The molecule has 2 aromatic rings. The minimum atomic E-state index is -1.67. The van der Waals surface area contributed by atoms with E-state index < -0.39 is 22.9 Å². The Hall–Kier alpha value is -0.574. The van der Waals surface area contributed by atoms with E-state index >= 15 is 0 Å². The second kappa shape index (κ2) is 6.92. The number of benzene rings is 1. The van der Waals surface area contributed by atoms with Crippen molar-refractivity contribution in [1.29, 1.82) is 0 Å². The fraction of sp³-hybridized carbons (Fsp3) is 0.0833. The first-order valence-corrected chi connectivity index (χ1v) is 5.55. The van der Waals surface area contributed by atoms with Gasteiger partial charge in [0.2, 0.25) is 5.43 Å². The van der Waals surface area contributed by atoms with Crippen LogP contribution in [0.1, 0.15) is 16.2 Å². The predicted molar refractivity (Wildman–Crippen MR) is 63.9 cm³/mol. The van der Waals surface area contributed by atoms with Crippen LogP contribution in [-0.2, 0) is 0 Å². The molecule has 1 aromatic heterocycles. The van der Waals surface area contributed by atoms with Gasteiger partial charge in [0.15, 0.2) is 5.69 Å². The molecule has 0 bridgehead atoms. The van der Waals surface area contributed by atoms with E-state index in [0.29, 0.717) is 11.4 Å². The third-order valence-corrected chi connectivity index (χ3v) is 2.74. The molecular weight excluding hydrogens is 314 g/mol. The molecule has 0 unspecified atom stereocenters. The summed E-state index contributed by atoms with van der Waals surface area (Å²) in [4.78, 5) is 22.2. The normalized spacial score (nSPS) is 9.95. The number of carbonyl (C=O) groups is 1. The number of aromatic nitrogens is 2. The van der Waals surface area contributed by atoms with Gasteiger partial charge >= 0.3 is 51.4 Å². The number of carboxylic acid groups (broad SMARTS) is 1. The van der Waals surface area contributed by atoms with E-state index in [2.05, 4.69) is 5.10 Å². The van der Waals surface area contributed by atoms with Gasteiger partial charge < -0.3 is 9.90 Å². The summed E-state index contributed by atoms with van der Waals surface area (Å²) in [5, 5.41) is 14.3. The number of carbonyl (C=O) groups excluding carboxylic acids is 1. The van der Waals surface area contributed by atoms with Crippen LogP contribution in [-0.4, -0.2) is 15.7 Å². The zero-order valence-corrected chi connectivity index (χ0v) is 14.6. The number of rotatable bonds is 2. The van der Waals surface area contributed by atoms with Crippen LogP contribution >= 0.6 is 11.6 Å². The first-order chi connectivity index (χ1) is 8.90. The fourth-order valence-corrected chi connectivity index (χ4v) is 1.74. The number of nitrogens with zero attached hydrogens (tertiary/aromatic N) is 2. The molecule has 0 aliphatic heterocycles. The van der Waals surface area contributed by atoms with Gasteiger partial charge in [-0.15, -0.1) is 0 Å². The number of carboxylic acids is 1. The summed E-state index contributed by atoms with van der Waals surface area (Å²) in [7, 11) is 0. The average molecular weight is 321 g/mol. The molecule has 8 heteroatoms. The number of aromatic carboxylic acids is 1. The number of aryl methyl sites for hydroxylation is 1. The van der Waals surface area contributed by atoms with Gasteiger partial charge in [-0.25, -0.2) is 9.07 Å². The second-order valence-electron chi connectivity index (χ2n) is 3.80. The largest absolute Gasteiger partial charge is 1.00 e. The van der Waals surface area contributed by atoms with E-state index in [9.17, 15) is 19.1 Å². The van der Waals surface area contributed by atoms with Crippen LogP contribution < -0.4 is 61.9 Å². The van der Waals surface area contributed by atoms with Crippen LogP contribution in [0.3, 0.4) is 0 Å². The Labute approximate surface area is 160 Å². The van der Waals surface area contributed by atoms with Gasteiger partial charge in [0.25, 0.3) is 0 Å². The van der Waals surface area contributed by atoms with Crippen molar-refractivity contribution in [3.8, 4) is 5.69 Å². The van der Waals surface area contributed by atoms with Crippen molar-refractivity contribution in [1.82, 2.24) is 9.78 Å². The van der Waals surface area contributed by atoms with Gasteiger partial charge in [-0.2, -0.15) is 5.10 Å². The van der Waals surface area contributed by atoms with Crippen molar-refractivity contribution < 1.29 is 65.7 Å². The fourth-order valence-electron chi connectivity index (χ4n) is 1.57. The molecule has 0 saturated heterocycles. The molecule has 0 N–H and O–H groups in total. The molecule has 0 amide bonds. The maximum atomic E-state index is 13.1. The Kier molecular flexibility index (Phi) is 6.05. The van der Waals surface area contributed by atoms with Crippen molar-refractivity contribution >= 4 is 17.6 Å². The van der Waals surface area contributed by atoms with Crippen LogP contribution in [0.25, 0.3) is 5.69 Å². The van der Waals surface area contributed by atoms with Gasteiger partial charge in [0.05, 0.1) is 16.7 Å². The predicted octanol–water partition coefficient (Wildman–Crippen LogP) is -2.30. The molecule has 0 saturated carbocycles. The Morgan fingerprint density at radius 2 is 2.05 bits per heavy atom. The third kappa shape index (κ3) is 3.54. The standard InChI is InChI=1S/C12H8ClFN2O3.K/c1-6-4-10(17)11(12(18)19)15-16(6)7-2-3-9(14)8(13)5-7;/h2-5H,1H3,(H,18,19);/q;+1/p-1. The van der Waals surface area contributed by atoms with Crippen molar-refractivity contribution in [2.45, 2.75) is 6.92 Å². The molecule has 0 radical (unpaired) electrons. The molecule has 1 heterocycles. The minimum Gasteiger partial charge on any atom is -0.543 e. The topological polar surface area (TPSA) is 75.0 Å². The molecule has 0 aliphatic rings. The summed E-state index contributed by atoms with van der Waals surface area (Å²) in [5.41, 5.74) is -0.739. The summed E-state index contributed by atoms with van der Waals surface area (Å²) in [5.74, 6) is -2.28. The van der Waals surface area contributed by atoms with Gasteiger partial charge in [0, 0.05) is 11.8 Å². The minimum absolute atomic E-state index is 0. The smallest absolute Gasteiger partial charge is 0.543 e. The van der Waals surface area contributed by atoms with Crippen LogP contribution in [0.2, 0.25) is 5.02 Å². The van der Waals surface area contributed by atoms with Gasteiger partial charge in [-0.1, -0.05) is 11.6 Å². The summed E-state index contributed by atoms with van der Waals surface area (Å²) in [6.07, 6.45) is 0. The molecule has 2 rings (SSSR count). The quantitative estimate of drug-likeness (QED) is 0.583. The number of hydrogen-bond acceptors (Lipinski definition) is 4. The summed E-state index contributed by atoms with van der Waals surface area (Å²) in [6, 6.07) is 4.87. The van der Waals surface area contributed by atoms with Crippen molar-refractivity contribution in [3.05, 3.63) is 56.7 Å². The number of hydrogen-bond donors (Lipinski definition) is 0. The third-order valence-electron chi connectivity index (χ3n) is 2.45. The van der Waals surface area contributed by atoms with E-state index in [4.69, 9.17) is 11.6 Å². The molecular formula is C12H7ClFKN2O3. The molecule has 1 aromatic carbocycles. The maximum Gasteiger partial charge on any atom is 1.00 e. The summed E-state index contributed by atoms with van der Waals surface area (Å²) in [6.45, 7) is 1.56. The molecule has 98 valence electrons. The molecule has 0 fully saturated rings. The van der Waals surface area contributed by atoms with Gasteiger partial charge in [0.1, 0.15) is 5.82 Å². The van der Waals surface area contributed by atoms with E-state index in [-0.39, 0.29) is 56.4 Å². The summed E-state index contributed by atoms with van der Waals surface area (Å²) < 4.78 is 14.2. The molecule has 0 atom stereocenters. The Morgan fingerprint density at radius 3 is 2.60 bits per heavy atom. The van der Waals surface area contributed by atoms with Crippen molar-refractivity contribution in [2.75, 3.05) is 0 Å². The first kappa shape index (κ1) is 17.5. The van der Waals surface area contributed by atoms with Gasteiger partial charge in [-0.05, 0) is 25.1 Å². The van der Waals surface area contributed by atoms with Crippen molar-refractivity contribution in [3.63, 3.8) is 0 Å². The van der Waals surface area contributed by atoms with Crippen LogP contribution in [0.5, 0.6) is 0 Å². The van der Waals surface area contributed by atoms with E-state index in [1.54, 1.807) is 6.92 Å².